The van der Waals surface area contributed by atoms with E-state index in [4.69, 9.17) is 4.74 Å². The summed E-state index contributed by atoms with van der Waals surface area (Å²) < 4.78 is 6.26. The van der Waals surface area contributed by atoms with Gasteiger partial charge >= 0.3 is 6.09 Å². The van der Waals surface area contributed by atoms with Crippen molar-refractivity contribution in [1.29, 1.82) is 0 Å². The summed E-state index contributed by atoms with van der Waals surface area (Å²) in [7, 11) is 0. The highest BCUT2D eigenvalue weighted by Gasteiger charge is 2.28. The number of thioether (sulfide) groups is 1. The number of halogens is 1. The molecule has 156 valence electrons. The molecule has 1 atom stereocenters. The van der Waals surface area contributed by atoms with Crippen molar-refractivity contribution in [2.45, 2.75) is 45.3 Å². The maximum absolute atomic E-state index is 12.2. The van der Waals surface area contributed by atoms with Gasteiger partial charge in [-0.25, -0.2) is 4.79 Å². The van der Waals surface area contributed by atoms with E-state index in [9.17, 15) is 14.4 Å². The van der Waals surface area contributed by atoms with Gasteiger partial charge in [0, 0.05) is 29.2 Å². The molecule has 2 fully saturated rings. The first-order chi connectivity index (χ1) is 13.6. The van der Waals surface area contributed by atoms with Crippen molar-refractivity contribution < 1.29 is 19.1 Å². The number of ether oxygens (including phenoxy) is 1. The Morgan fingerprint density at radius 2 is 2.14 bits per heavy atom. The monoisotopic (exact) mass is 481 g/mol. The minimum absolute atomic E-state index is 0.0445. The van der Waals surface area contributed by atoms with Crippen LogP contribution < -0.4 is 15.5 Å². The van der Waals surface area contributed by atoms with Gasteiger partial charge in [0.05, 0.1) is 10.6 Å². The number of benzene rings is 1. The second kappa shape index (κ2) is 8.79. The van der Waals surface area contributed by atoms with E-state index in [0.29, 0.717) is 11.4 Å². The normalized spacial score (nSPS) is 21.3. The van der Waals surface area contributed by atoms with Gasteiger partial charge in [-0.05, 0) is 73.4 Å². The summed E-state index contributed by atoms with van der Waals surface area (Å²) in [5.74, 6) is -0.381. The van der Waals surface area contributed by atoms with E-state index in [2.05, 4.69) is 31.5 Å². The predicted molar refractivity (Wildman–Crippen MR) is 118 cm³/mol. The lowest BCUT2D eigenvalue weighted by molar-refractivity contribution is -0.115. The van der Waals surface area contributed by atoms with Gasteiger partial charge in [0.1, 0.15) is 5.60 Å². The summed E-state index contributed by atoms with van der Waals surface area (Å²) in [6.45, 7) is 6.95. The molecule has 3 amide bonds. The fourth-order valence-electron chi connectivity index (χ4n) is 3.32. The molecule has 0 bridgehead atoms. The van der Waals surface area contributed by atoms with Crippen LogP contribution in [-0.2, 0) is 9.53 Å². The number of carbonyl (C=O) groups excluding carboxylic acids is 3. The Bertz CT molecular complexity index is 866. The zero-order valence-corrected chi connectivity index (χ0v) is 19.0. The molecule has 0 spiro atoms. The van der Waals surface area contributed by atoms with Gasteiger partial charge in [-0.1, -0.05) is 12.1 Å². The topological polar surface area (TPSA) is 87.7 Å². The number of carbonyl (C=O) groups is 3. The maximum Gasteiger partial charge on any atom is 0.407 e. The molecule has 7 nitrogen and oxygen atoms in total. The molecule has 0 radical (unpaired) electrons. The van der Waals surface area contributed by atoms with Crippen molar-refractivity contribution in [2.75, 3.05) is 18.0 Å². The summed E-state index contributed by atoms with van der Waals surface area (Å²) in [5.41, 5.74) is 1.23. The number of hydrogen-bond donors (Lipinski definition) is 2. The minimum Gasteiger partial charge on any atom is -0.444 e. The van der Waals surface area contributed by atoms with Crippen LogP contribution in [0.4, 0.5) is 15.3 Å². The molecular weight excluding hydrogens is 458 g/mol. The number of piperidine rings is 1. The second-order valence-corrected chi connectivity index (χ2v) is 9.83. The highest BCUT2D eigenvalue weighted by Crippen LogP contribution is 2.36. The van der Waals surface area contributed by atoms with Crippen molar-refractivity contribution in [3.63, 3.8) is 0 Å². The molecule has 2 aliphatic rings. The number of alkyl carbamates (subject to hydrolysis) is 1. The van der Waals surface area contributed by atoms with E-state index >= 15 is 0 Å². The number of imide groups is 1. The molecule has 2 aliphatic heterocycles. The third-order valence-electron chi connectivity index (χ3n) is 4.41. The molecule has 1 aromatic rings. The van der Waals surface area contributed by atoms with Crippen LogP contribution in [0.2, 0.25) is 0 Å². The van der Waals surface area contributed by atoms with Gasteiger partial charge in [0.2, 0.25) is 0 Å². The van der Waals surface area contributed by atoms with Crippen molar-refractivity contribution in [1.82, 2.24) is 10.6 Å². The lowest BCUT2D eigenvalue weighted by Gasteiger charge is -2.36. The van der Waals surface area contributed by atoms with Gasteiger partial charge in [0.25, 0.3) is 11.1 Å². The highest BCUT2D eigenvalue weighted by molar-refractivity contribution is 9.10. The summed E-state index contributed by atoms with van der Waals surface area (Å²) in [4.78, 5) is 38.1. The predicted octanol–water partition coefficient (Wildman–Crippen LogP) is 4.27. The van der Waals surface area contributed by atoms with Crippen LogP contribution in [0.15, 0.2) is 27.6 Å². The first-order valence-electron chi connectivity index (χ1n) is 9.40. The van der Waals surface area contributed by atoms with Gasteiger partial charge in [-0.15, -0.1) is 0 Å². The second-order valence-electron chi connectivity index (χ2n) is 7.96. The molecule has 3 rings (SSSR count). The molecule has 0 aliphatic carbocycles. The molecule has 2 N–H and O–H groups in total. The Balaban J connectivity index is 1.79. The van der Waals surface area contributed by atoms with E-state index in [1.807, 2.05) is 39.0 Å². The Kier molecular flexibility index (Phi) is 6.58. The molecule has 9 heteroatoms. The van der Waals surface area contributed by atoms with E-state index in [1.165, 1.54) is 0 Å². The van der Waals surface area contributed by atoms with Gasteiger partial charge in [-0.3, -0.25) is 14.9 Å². The molecular formula is C20H24BrN3O4S. The number of amides is 3. The number of nitrogens with one attached hydrogen (secondary N) is 2. The number of anilines is 1. The quantitative estimate of drug-likeness (QED) is 0.626. The van der Waals surface area contributed by atoms with Crippen LogP contribution >= 0.6 is 27.7 Å². The molecule has 0 saturated carbocycles. The summed E-state index contributed by atoms with van der Waals surface area (Å²) in [5, 5.41) is 4.87. The van der Waals surface area contributed by atoms with E-state index in [-0.39, 0.29) is 17.2 Å². The third kappa shape index (κ3) is 5.76. The lowest BCUT2D eigenvalue weighted by atomic mass is 10.0. The van der Waals surface area contributed by atoms with E-state index in [1.54, 1.807) is 6.08 Å². The van der Waals surface area contributed by atoms with Crippen molar-refractivity contribution in [3.05, 3.63) is 33.1 Å². The summed E-state index contributed by atoms with van der Waals surface area (Å²) in [6, 6.07) is 5.70. The Hall–Kier alpha value is -2.00. The molecule has 2 saturated heterocycles. The van der Waals surface area contributed by atoms with Crippen LogP contribution in [-0.4, -0.2) is 42.0 Å². The van der Waals surface area contributed by atoms with Crippen LogP contribution in [0.5, 0.6) is 0 Å². The molecule has 1 aromatic carbocycles. The maximum atomic E-state index is 12.2. The van der Waals surface area contributed by atoms with Crippen LogP contribution in [0.3, 0.4) is 0 Å². The van der Waals surface area contributed by atoms with Crippen LogP contribution in [0, 0.1) is 0 Å². The lowest BCUT2D eigenvalue weighted by Crippen LogP contribution is -2.49. The molecule has 0 unspecified atom stereocenters. The average molecular weight is 482 g/mol. The summed E-state index contributed by atoms with van der Waals surface area (Å²) >= 11 is 4.51. The third-order valence-corrected chi connectivity index (χ3v) is 5.86. The standard InChI is InChI=1S/C20H24BrN3O4S/c1-20(2,3)28-18(26)22-13-7-5-9-24(11-13)16-12(6-4-8-14(16)21)10-15-17(25)23-19(27)29-15/h4,6,8,10,13H,5,7,9,11H2,1-3H3,(H,22,26)(H,23,25,27)/b15-10-/t13-/m1/s1. The Morgan fingerprint density at radius 3 is 2.79 bits per heavy atom. The fourth-order valence-corrected chi connectivity index (χ4v) is 4.62. The zero-order valence-electron chi connectivity index (χ0n) is 16.6. The Labute approximate surface area is 182 Å². The Morgan fingerprint density at radius 1 is 1.38 bits per heavy atom. The first kappa shape index (κ1) is 21.7. The van der Waals surface area contributed by atoms with Gasteiger partial charge < -0.3 is 15.0 Å². The highest BCUT2D eigenvalue weighted by atomic mass is 79.9. The van der Waals surface area contributed by atoms with Crippen molar-refractivity contribution >= 4 is 56.7 Å². The number of para-hydroxylation sites is 1. The first-order valence-corrected chi connectivity index (χ1v) is 11.0. The largest absolute Gasteiger partial charge is 0.444 e. The smallest absolute Gasteiger partial charge is 0.407 e. The van der Waals surface area contributed by atoms with Crippen LogP contribution in [0.25, 0.3) is 6.08 Å². The molecule has 29 heavy (non-hydrogen) atoms. The van der Waals surface area contributed by atoms with Gasteiger partial charge in [-0.2, -0.15) is 0 Å². The molecule has 2 heterocycles. The van der Waals surface area contributed by atoms with E-state index < -0.39 is 11.7 Å². The SMILES string of the molecule is CC(C)(C)OC(=O)N[C@@H]1CCCN(c2c(Br)cccc2/C=C2\SC(=O)NC2=O)C1. The zero-order chi connectivity index (χ0) is 21.2. The number of nitrogens with zero attached hydrogens (tertiary/aromatic N) is 1. The average Bonchev–Trinajstić information content (AvgIpc) is 2.90. The molecule has 0 aromatic heterocycles. The fraction of sp³-hybridized carbons (Fsp3) is 0.450. The van der Waals surface area contributed by atoms with Crippen LogP contribution in [0.1, 0.15) is 39.2 Å². The summed E-state index contributed by atoms with van der Waals surface area (Å²) in [6.07, 6.45) is 3.08. The van der Waals surface area contributed by atoms with Crippen molar-refractivity contribution in [2.24, 2.45) is 0 Å². The van der Waals surface area contributed by atoms with Crippen molar-refractivity contribution in [3.8, 4) is 0 Å². The van der Waals surface area contributed by atoms with Gasteiger partial charge in [0.15, 0.2) is 0 Å². The van der Waals surface area contributed by atoms with E-state index in [0.717, 1.165) is 46.9 Å². The number of hydrogen-bond acceptors (Lipinski definition) is 6. The number of rotatable bonds is 3. The minimum atomic E-state index is -0.544.